The second-order valence-electron chi connectivity index (χ2n) is 5.81. The van der Waals surface area contributed by atoms with E-state index in [1.165, 1.54) is 19.3 Å². The van der Waals surface area contributed by atoms with Crippen LogP contribution in [0.2, 0.25) is 0 Å². The maximum Gasteiger partial charge on any atom is 0.0694 e. The van der Waals surface area contributed by atoms with E-state index in [1.54, 1.807) is 0 Å². The van der Waals surface area contributed by atoms with Crippen LogP contribution in [0.25, 0.3) is 0 Å². The standard InChI is InChI=1S/C13H24O2/c1-10(2)12-9-13(14,7-8-15-12)6-5-11-3-4-11/h10-12,14H,3-9H2,1-2H3. The fraction of sp³-hybridized carbons (Fsp3) is 1.00. The minimum absolute atomic E-state index is 0.267. The van der Waals surface area contributed by atoms with E-state index < -0.39 is 5.60 Å². The Morgan fingerprint density at radius 3 is 2.73 bits per heavy atom. The van der Waals surface area contributed by atoms with E-state index in [0.717, 1.165) is 31.8 Å². The second kappa shape index (κ2) is 4.42. The van der Waals surface area contributed by atoms with Crippen LogP contribution in [0.3, 0.4) is 0 Å². The third-order valence-electron chi connectivity index (χ3n) is 3.94. The first-order valence-corrected chi connectivity index (χ1v) is 6.43. The third kappa shape index (κ3) is 3.18. The van der Waals surface area contributed by atoms with E-state index in [9.17, 15) is 5.11 Å². The SMILES string of the molecule is CC(C)C1CC(O)(CCC2CC2)CCO1. The summed E-state index contributed by atoms with van der Waals surface area (Å²) in [6.45, 7) is 5.10. The van der Waals surface area contributed by atoms with Crippen molar-refractivity contribution < 1.29 is 9.84 Å². The first kappa shape index (κ1) is 11.4. The normalized spacial score (nSPS) is 37.2. The Hall–Kier alpha value is -0.0800. The molecule has 1 saturated carbocycles. The molecule has 0 aromatic rings. The van der Waals surface area contributed by atoms with Gasteiger partial charge in [0.1, 0.15) is 0 Å². The predicted molar refractivity (Wildman–Crippen MR) is 60.7 cm³/mol. The molecule has 2 heteroatoms. The number of rotatable bonds is 4. The summed E-state index contributed by atoms with van der Waals surface area (Å²) in [5.74, 6) is 1.45. The molecule has 2 rings (SSSR count). The molecule has 1 heterocycles. The van der Waals surface area contributed by atoms with E-state index in [4.69, 9.17) is 4.74 Å². The molecule has 2 atom stereocenters. The van der Waals surface area contributed by atoms with E-state index in [-0.39, 0.29) is 6.10 Å². The van der Waals surface area contributed by atoms with Gasteiger partial charge in [-0.25, -0.2) is 0 Å². The van der Waals surface area contributed by atoms with Crippen molar-refractivity contribution in [3.8, 4) is 0 Å². The Morgan fingerprint density at radius 1 is 1.40 bits per heavy atom. The van der Waals surface area contributed by atoms with Gasteiger partial charge in [-0.15, -0.1) is 0 Å². The Balaban J connectivity index is 1.82. The zero-order chi connectivity index (χ0) is 10.9. The van der Waals surface area contributed by atoms with Crippen molar-refractivity contribution in [3.63, 3.8) is 0 Å². The highest BCUT2D eigenvalue weighted by Gasteiger charge is 2.37. The molecule has 2 nitrogen and oxygen atoms in total. The number of hydrogen-bond donors (Lipinski definition) is 1. The largest absolute Gasteiger partial charge is 0.390 e. The number of ether oxygens (including phenoxy) is 1. The summed E-state index contributed by atoms with van der Waals surface area (Å²) in [5.41, 5.74) is -0.421. The van der Waals surface area contributed by atoms with Crippen LogP contribution in [0.4, 0.5) is 0 Å². The van der Waals surface area contributed by atoms with Gasteiger partial charge in [-0.3, -0.25) is 0 Å². The molecule has 2 unspecified atom stereocenters. The molecule has 15 heavy (non-hydrogen) atoms. The van der Waals surface area contributed by atoms with E-state index >= 15 is 0 Å². The molecule has 1 aliphatic heterocycles. The zero-order valence-corrected chi connectivity index (χ0v) is 10.0. The molecule has 0 spiro atoms. The lowest BCUT2D eigenvalue weighted by Crippen LogP contribution is -2.42. The summed E-state index contributed by atoms with van der Waals surface area (Å²) < 4.78 is 5.70. The molecule has 88 valence electrons. The van der Waals surface area contributed by atoms with Crippen LogP contribution < -0.4 is 0 Å². The monoisotopic (exact) mass is 212 g/mol. The number of aliphatic hydroxyl groups is 1. The summed E-state index contributed by atoms with van der Waals surface area (Å²) in [6.07, 6.45) is 6.94. The van der Waals surface area contributed by atoms with Crippen molar-refractivity contribution in [3.05, 3.63) is 0 Å². The summed E-state index contributed by atoms with van der Waals surface area (Å²) >= 11 is 0. The van der Waals surface area contributed by atoms with E-state index in [1.807, 2.05) is 0 Å². The Kier molecular flexibility index (Phi) is 3.36. The third-order valence-corrected chi connectivity index (χ3v) is 3.94. The smallest absolute Gasteiger partial charge is 0.0694 e. The molecular formula is C13H24O2. The summed E-state index contributed by atoms with van der Waals surface area (Å²) in [6, 6.07) is 0. The first-order chi connectivity index (χ1) is 7.09. The molecule has 1 N–H and O–H groups in total. The van der Waals surface area contributed by atoms with Crippen molar-refractivity contribution in [2.24, 2.45) is 11.8 Å². The lowest BCUT2D eigenvalue weighted by molar-refractivity contribution is -0.121. The number of hydrogen-bond acceptors (Lipinski definition) is 2. The van der Waals surface area contributed by atoms with Gasteiger partial charge in [0.05, 0.1) is 11.7 Å². The van der Waals surface area contributed by atoms with Crippen LogP contribution >= 0.6 is 0 Å². The van der Waals surface area contributed by atoms with Gasteiger partial charge in [-0.05, 0) is 31.1 Å². The van der Waals surface area contributed by atoms with Crippen molar-refractivity contribution in [2.45, 2.75) is 64.1 Å². The fourth-order valence-electron chi connectivity index (χ4n) is 2.47. The van der Waals surface area contributed by atoms with Crippen LogP contribution in [-0.4, -0.2) is 23.4 Å². The molecule has 2 fully saturated rings. The highest BCUT2D eigenvalue weighted by atomic mass is 16.5. The molecule has 0 radical (unpaired) electrons. The minimum Gasteiger partial charge on any atom is -0.390 e. The predicted octanol–water partition coefficient (Wildman–Crippen LogP) is 2.74. The molecule has 0 bridgehead atoms. The molecule has 0 aromatic heterocycles. The summed E-state index contributed by atoms with van der Waals surface area (Å²) in [5, 5.41) is 10.5. The highest BCUT2D eigenvalue weighted by Crippen LogP contribution is 2.39. The molecule has 2 aliphatic rings. The van der Waals surface area contributed by atoms with Gasteiger partial charge in [0.15, 0.2) is 0 Å². The Labute approximate surface area is 93.0 Å². The zero-order valence-electron chi connectivity index (χ0n) is 10.0. The Morgan fingerprint density at radius 2 is 2.13 bits per heavy atom. The molecule has 0 amide bonds. The van der Waals surface area contributed by atoms with E-state index in [2.05, 4.69) is 13.8 Å². The highest BCUT2D eigenvalue weighted by molar-refractivity contribution is 4.88. The maximum atomic E-state index is 10.5. The van der Waals surface area contributed by atoms with Crippen LogP contribution in [-0.2, 0) is 4.74 Å². The topological polar surface area (TPSA) is 29.5 Å². The van der Waals surface area contributed by atoms with Crippen LogP contribution in [0.1, 0.15) is 52.4 Å². The fourth-order valence-corrected chi connectivity index (χ4v) is 2.47. The summed E-state index contributed by atoms with van der Waals surface area (Å²) in [4.78, 5) is 0. The van der Waals surface area contributed by atoms with Crippen molar-refractivity contribution in [2.75, 3.05) is 6.61 Å². The lowest BCUT2D eigenvalue weighted by atomic mass is 9.82. The van der Waals surface area contributed by atoms with Crippen LogP contribution in [0.5, 0.6) is 0 Å². The van der Waals surface area contributed by atoms with Gasteiger partial charge in [-0.2, -0.15) is 0 Å². The van der Waals surface area contributed by atoms with Crippen molar-refractivity contribution in [1.82, 2.24) is 0 Å². The van der Waals surface area contributed by atoms with Gasteiger partial charge < -0.3 is 9.84 Å². The quantitative estimate of drug-likeness (QED) is 0.776. The van der Waals surface area contributed by atoms with Gasteiger partial charge in [0, 0.05) is 13.0 Å². The second-order valence-corrected chi connectivity index (χ2v) is 5.81. The molecule has 0 aromatic carbocycles. The van der Waals surface area contributed by atoms with Gasteiger partial charge in [0.25, 0.3) is 0 Å². The van der Waals surface area contributed by atoms with Gasteiger partial charge in [0.2, 0.25) is 0 Å². The maximum absolute atomic E-state index is 10.5. The average molecular weight is 212 g/mol. The van der Waals surface area contributed by atoms with Crippen molar-refractivity contribution in [1.29, 1.82) is 0 Å². The molecular weight excluding hydrogens is 188 g/mol. The van der Waals surface area contributed by atoms with Gasteiger partial charge >= 0.3 is 0 Å². The van der Waals surface area contributed by atoms with Crippen LogP contribution in [0, 0.1) is 11.8 Å². The molecule has 1 aliphatic carbocycles. The van der Waals surface area contributed by atoms with Crippen LogP contribution in [0.15, 0.2) is 0 Å². The summed E-state index contributed by atoms with van der Waals surface area (Å²) in [7, 11) is 0. The Bertz CT molecular complexity index is 211. The molecule has 1 saturated heterocycles. The first-order valence-electron chi connectivity index (χ1n) is 6.43. The minimum atomic E-state index is -0.421. The lowest BCUT2D eigenvalue weighted by Gasteiger charge is -2.38. The van der Waals surface area contributed by atoms with Gasteiger partial charge in [-0.1, -0.05) is 26.7 Å². The van der Waals surface area contributed by atoms with E-state index in [0.29, 0.717) is 5.92 Å². The average Bonchev–Trinajstić information content (AvgIpc) is 2.98. The van der Waals surface area contributed by atoms with Crippen molar-refractivity contribution >= 4 is 0 Å².